The van der Waals surface area contributed by atoms with Gasteiger partial charge in [0.15, 0.2) is 0 Å². The topological polar surface area (TPSA) is 120 Å². The summed E-state index contributed by atoms with van der Waals surface area (Å²) in [5.74, 6) is 1.54. The first kappa shape index (κ1) is 28.9. The van der Waals surface area contributed by atoms with Crippen LogP contribution in [0.25, 0.3) is 11.0 Å². The molecule has 1 amide bonds. The van der Waals surface area contributed by atoms with Crippen LogP contribution < -0.4 is 10.9 Å². The summed E-state index contributed by atoms with van der Waals surface area (Å²) in [6.07, 6.45) is 6.09. The predicted molar refractivity (Wildman–Crippen MR) is 158 cm³/mol. The zero-order chi connectivity index (χ0) is 29.3. The molecule has 4 aliphatic rings. The van der Waals surface area contributed by atoms with Crippen LogP contribution in [-0.2, 0) is 4.79 Å². The van der Waals surface area contributed by atoms with E-state index in [1.165, 1.54) is 6.07 Å². The van der Waals surface area contributed by atoms with Crippen molar-refractivity contribution in [3.63, 3.8) is 0 Å². The second-order valence-corrected chi connectivity index (χ2v) is 14.5. The van der Waals surface area contributed by atoms with Crippen molar-refractivity contribution in [2.75, 3.05) is 5.32 Å². The molecule has 4 aliphatic carbocycles. The molecule has 7 heteroatoms. The number of aryl methyl sites for hydroxylation is 1. The zero-order valence-electron chi connectivity index (χ0n) is 24.9. The first-order chi connectivity index (χ1) is 19.4. The Bertz CT molecular complexity index is 1370. The van der Waals surface area contributed by atoms with Gasteiger partial charge in [-0.05, 0) is 122 Å². The number of hydrogen-bond acceptors (Lipinski definition) is 6. The lowest BCUT2D eigenvalue weighted by atomic mass is 9.43. The molecule has 41 heavy (non-hydrogen) atoms. The minimum Gasteiger partial charge on any atom is -0.423 e. The third-order valence-electron chi connectivity index (χ3n) is 12.6. The van der Waals surface area contributed by atoms with Crippen LogP contribution >= 0.6 is 0 Å². The third-order valence-corrected chi connectivity index (χ3v) is 12.6. The second-order valence-electron chi connectivity index (χ2n) is 14.5. The number of carbonyl (C=O) groups excluding carboxylic acids is 1. The van der Waals surface area contributed by atoms with E-state index in [1.54, 1.807) is 6.07 Å². The van der Waals surface area contributed by atoms with Gasteiger partial charge in [0.2, 0.25) is 5.91 Å². The van der Waals surface area contributed by atoms with E-state index in [-0.39, 0.29) is 52.6 Å². The van der Waals surface area contributed by atoms with Crippen molar-refractivity contribution >= 4 is 22.6 Å². The first-order valence-corrected chi connectivity index (χ1v) is 15.8. The van der Waals surface area contributed by atoms with E-state index in [4.69, 9.17) is 4.42 Å². The molecule has 6 rings (SSSR count). The maximum atomic E-state index is 12.9. The summed E-state index contributed by atoms with van der Waals surface area (Å²) in [7, 11) is 0. The highest BCUT2D eigenvalue weighted by molar-refractivity contribution is 5.93. The van der Waals surface area contributed by atoms with E-state index in [2.05, 4.69) is 26.1 Å². The van der Waals surface area contributed by atoms with Gasteiger partial charge in [-0.2, -0.15) is 0 Å². The summed E-state index contributed by atoms with van der Waals surface area (Å²) in [5, 5.41) is 37.4. The summed E-state index contributed by atoms with van der Waals surface area (Å²) < 4.78 is 5.33. The number of fused-ring (bicyclic) bond motifs is 6. The molecule has 11 atom stereocenters. The standard InChI is InChI=1S/C34H47NO6/c1-18(5-10-30(39)35-21-6-7-23-19(2)13-31(40)41-28(23)16-21)24-8-9-25-32-26(17-29(38)34(24,25)4)33(3)12-11-22(36)14-20(33)15-27(32)37/h6-7,13,16,18,20,22,24-27,29,32,36-38H,5,8-12,14-15,17H2,1-4H3,(H,35,39)/t18-,20+,22-,24-,25+,26+,27-,29+,32+,33+,34-/m1/s1. The van der Waals surface area contributed by atoms with Gasteiger partial charge in [0.05, 0.1) is 18.3 Å². The number of amides is 1. The Kier molecular flexibility index (Phi) is 7.39. The van der Waals surface area contributed by atoms with Gasteiger partial charge in [0, 0.05) is 29.6 Å². The Labute approximate surface area is 242 Å². The van der Waals surface area contributed by atoms with Gasteiger partial charge in [-0.3, -0.25) is 4.79 Å². The number of aliphatic hydroxyl groups excluding tert-OH is 3. The molecular weight excluding hydrogens is 518 g/mol. The Morgan fingerprint density at radius 1 is 1.07 bits per heavy atom. The molecule has 0 aliphatic heterocycles. The quantitative estimate of drug-likeness (QED) is 0.360. The number of aliphatic hydroxyl groups is 3. The van der Waals surface area contributed by atoms with Crippen LogP contribution in [-0.4, -0.2) is 39.5 Å². The van der Waals surface area contributed by atoms with Crippen molar-refractivity contribution < 1.29 is 24.5 Å². The van der Waals surface area contributed by atoms with Crippen LogP contribution in [0.3, 0.4) is 0 Å². The van der Waals surface area contributed by atoms with Crippen LogP contribution in [0.1, 0.15) is 84.1 Å². The Morgan fingerprint density at radius 2 is 1.85 bits per heavy atom. The van der Waals surface area contributed by atoms with Gasteiger partial charge in [-0.1, -0.05) is 20.8 Å². The SMILES string of the molecule is Cc1cc(=O)oc2cc(NC(=O)CC[C@@H](C)[C@H]3CC[C@H]4[C@@H]5[C@H](O)C[C@@H]6C[C@H](O)CC[C@]6(C)[C@H]5C[C@H](O)[C@]34C)ccc12. The minimum atomic E-state index is -0.428. The fourth-order valence-corrected chi connectivity index (χ4v) is 10.3. The maximum absolute atomic E-state index is 12.9. The lowest BCUT2D eigenvalue weighted by molar-refractivity contribution is -0.207. The van der Waals surface area contributed by atoms with Gasteiger partial charge < -0.3 is 25.1 Å². The largest absolute Gasteiger partial charge is 0.423 e. The smallest absolute Gasteiger partial charge is 0.336 e. The predicted octanol–water partition coefficient (Wildman–Crippen LogP) is 5.42. The monoisotopic (exact) mass is 565 g/mol. The van der Waals surface area contributed by atoms with E-state index < -0.39 is 11.7 Å². The normalized spacial score (nSPS) is 40.9. The second kappa shape index (κ2) is 10.5. The molecular formula is C34H47NO6. The van der Waals surface area contributed by atoms with E-state index >= 15 is 0 Å². The fourth-order valence-electron chi connectivity index (χ4n) is 10.3. The van der Waals surface area contributed by atoms with Gasteiger partial charge in [-0.25, -0.2) is 4.79 Å². The van der Waals surface area contributed by atoms with Gasteiger partial charge in [0.25, 0.3) is 0 Å². The molecule has 7 nitrogen and oxygen atoms in total. The van der Waals surface area contributed by atoms with Crippen LogP contribution in [0, 0.1) is 53.3 Å². The summed E-state index contributed by atoms with van der Waals surface area (Å²) in [5.41, 5.74) is 1.30. The first-order valence-electron chi connectivity index (χ1n) is 15.8. The number of hydrogen-bond donors (Lipinski definition) is 4. The van der Waals surface area contributed by atoms with Crippen molar-refractivity contribution in [1.82, 2.24) is 0 Å². The molecule has 0 radical (unpaired) electrons. The fraction of sp³-hybridized carbons (Fsp3) is 0.706. The molecule has 0 saturated heterocycles. The number of carbonyl (C=O) groups is 1. The lowest BCUT2D eigenvalue weighted by Gasteiger charge is -2.63. The third kappa shape index (κ3) is 4.76. The Balaban J connectivity index is 1.13. The molecule has 2 aromatic rings. The van der Waals surface area contributed by atoms with Crippen molar-refractivity contribution in [2.45, 2.75) is 104 Å². The van der Waals surface area contributed by atoms with E-state index in [0.717, 1.165) is 62.3 Å². The molecule has 4 fully saturated rings. The average Bonchev–Trinajstić information content (AvgIpc) is 3.27. The van der Waals surface area contributed by atoms with Crippen LogP contribution in [0.15, 0.2) is 33.5 Å². The highest BCUT2D eigenvalue weighted by atomic mass is 16.4. The molecule has 1 aromatic carbocycles. The zero-order valence-corrected chi connectivity index (χ0v) is 24.9. The van der Waals surface area contributed by atoms with E-state index in [0.29, 0.717) is 29.5 Å². The number of anilines is 1. The van der Waals surface area contributed by atoms with Crippen molar-refractivity contribution in [3.05, 3.63) is 40.2 Å². The molecule has 0 unspecified atom stereocenters. The van der Waals surface area contributed by atoms with Crippen molar-refractivity contribution in [2.24, 2.45) is 46.3 Å². The lowest BCUT2D eigenvalue weighted by Crippen LogP contribution is -2.62. The van der Waals surface area contributed by atoms with Crippen LogP contribution in [0.2, 0.25) is 0 Å². The van der Waals surface area contributed by atoms with Gasteiger partial charge >= 0.3 is 5.63 Å². The average molecular weight is 566 g/mol. The molecule has 224 valence electrons. The van der Waals surface area contributed by atoms with Crippen molar-refractivity contribution in [1.29, 1.82) is 0 Å². The van der Waals surface area contributed by atoms with E-state index in [1.807, 2.05) is 19.1 Å². The van der Waals surface area contributed by atoms with Crippen LogP contribution in [0.4, 0.5) is 5.69 Å². The highest BCUT2D eigenvalue weighted by Crippen LogP contribution is 2.68. The molecule has 4 saturated carbocycles. The number of benzene rings is 1. The molecule has 4 N–H and O–H groups in total. The molecule has 0 spiro atoms. The number of rotatable bonds is 5. The maximum Gasteiger partial charge on any atom is 0.336 e. The minimum absolute atomic E-state index is 0.0667. The summed E-state index contributed by atoms with van der Waals surface area (Å²) in [6, 6.07) is 6.87. The molecule has 1 heterocycles. The number of nitrogens with one attached hydrogen (secondary N) is 1. The Hall–Kier alpha value is -2.22. The molecule has 0 bridgehead atoms. The van der Waals surface area contributed by atoms with Crippen LogP contribution in [0.5, 0.6) is 0 Å². The highest BCUT2D eigenvalue weighted by Gasteiger charge is 2.65. The summed E-state index contributed by atoms with van der Waals surface area (Å²) in [6.45, 7) is 8.70. The van der Waals surface area contributed by atoms with Gasteiger partial charge in [0.1, 0.15) is 5.58 Å². The van der Waals surface area contributed by atoms with Gasteiger partial charge in [-0.15, -0.1) is 0 Å². The Morgan fingerprint density at radius 3 is 2.63 bits per heavy atom. The summed E-state index contributed by atoms with van der Waals surface area (Å²) >= 11 is 0. The van der Waals surface area contributed by atoms with E-state index in [9.17, 15) is 24.9 Å². The summed E-state index contributed by atoms with van der Waals surface area (Å²) in [4.78, 5) is 24.7. The molecule has 1 aromatic heterocycles. The van der Waals surface area contributed by atoms with Crippen molar-refractivity contribution in [3.8, 4) is 0 Å².